The lowest BCUT2D eigenvalue weighted by molar-refractivity contribution is -0.121. The van der Waals surface area contributed by atoms with Gasteiger partial charge < -0.3 is 10.3 Å². The third-order valence-corrected chi connectivity index (χ3v) is 4.82. The Bertz CT molecular complexity index is 945. The number of pyridine rings is 1. The van der Waals surface area contributed by atoms with E-state index in [-0.39, 0.29) is 30.2 Å². The molecule has 3 aromatic rings. The van der Waals surface area contributed by atoms with Crippen LogP contribution in [-0.4, -0.2) is 16.7 Å². The van der Waals surface area contributed by atoms with E-state index in [1.165, 1.54) is 11.3 Å². The minimum absolute atomic E-state index is 0.0637. The number of aromatic nitrogens is 1. The van der Waals surface area contributed by atoms with Crippen LogP contribution in [0.1, 0.15) is 34.5 Å². The smallest absolute Gasteiger partial charge is 0.253 e. The van der Waals surface area contributed by atoms with Crippen molar-refractivity contribution in [2.45, 2.75) is 25.8 Å². The zero-order chi connectivity index (χ0) is 17.6. The highest BCUT2D eigenvalue weighted by Gasteiger charge is 2.09. The summed E-state index contributed by atoms with van der Waals surface area (Å²) in [6.07, 6.45) is 1.11. The fraction of sp³-hybridized carbons (Fsp3) is 0.211. The Morgan fingerprint density at radius 3 is 2.72 bits per heavy atom. The first-order valence-corrected chi connectivity index (χ1v) is 8.96. The van der Waals surface area contributed by atoms with E-state index in [9.17, 15) is 14.4 Å². The molecule has 2 aromatic heterocycles. The van der Waals surface area contributed by atoms with E-state index >= 15 is 0 Å². The summed E-state index contributed by atoms with van der Waals surface area (Å²) in [6, 6.07) is 12.9. The molecule has 5 nitrogen and oxygen atoms in total. The zero-order valence-electron chi connectivity index (χ0n) is 13.6. The van der Waals surface area contributed by atoms with Gasteiger partial charge in [-0.25, -0.2) is 0 Å². The van der Waals surface area contributed by atoms with Gasteiger partial charge in [-0.1, -0.05) is 24.3 Å². The van der Waals surface area contributed by atoms with Gasteiger partial charge in [0.15, 0.2) is 5.78 Å². The molecule has 0 unspecified atom stereocenters. The van der Waals surface area contributed by atoms with Crippen LogP contribution in [0.4, 0.5) is 0 Å². The first-order valence-electron chi connectivity index (χ1n) is 8.08. The number of hydrogen-bond donors (Lipinski definition) is 2. The number of H-pyrrole nitrogens is 1. The maximum atomic E-state index is 12.0. The topological polar surface area (TPSA) is 79.0 Å². The molecular weight excluding hydrogens is 336 g/mol. The van der Waals surface area contributed by atoms with Crippen molar-refractivity contribution in [3.05, 3.63) is 68.6 Å². The molecule has 2 N–H and O–H groups in total. The number of para-hydroxylation sites is 1. The van der Waals surface area contributed by atoms with Gasteiger partial charge in [0.25, 0.3) is 5.56 Å². The highest BCUT2D eigenvalue weighted by molar-refractivity contribution is 7.12. The van der Waals surface area contributed by atoms with Crippen molar-refractivity contribution in [2.75, 3.05) is 0 Å². The maximum Gasteiger partial charge on any atom is 0.253 e. The van der Waals surface area contributed by atoms with Crippen molar-refractivity contribution in [1.29, 1.82) is 0 Å². The van der Waals surface area contributed by atoms with Crippen LogP contribution in [0.2, 0.25) is 0 Å². The third kappa shape index (κ3) is 4.42. The fourth-order valence-corrected chi connectivity index (χ4v) is 3.27. The first kappa shape index (κ1) is 17.1. The molecule has 0 saturated carbocycles. The molecule has 128 valence electrons. The number of aromatic amines is 1. The molecular formula is C19H18N2O3S. The molecule has 6 heteroatoms. The Balaban J connectivity index is 1.50. The molecule has 0 spiro atoms. The molecule has 3 rings (SSSR count). The van der Waals surface area contributed by atoms with Gasteiger partial charge in [-0.3, -0.25) is 14.4 Å². The van der Waals surface area contributed by atoms with Crippen molar-refractivity contribution < 1.29 is 9.59 Å². The highest BCUT2D eigenvalue weighted by Crippen LogP contribution is 2.13. The largest absolute Gasteiger partial charge is 0.352 e. The van der Waals surface area contributed by atoms with E-state index < -0.39 is 0 Å². The van der Waals surface area contributed by atoms with Gasteiger partial charge in [0.1, 0.15) is 0 Å². The monoisotopic (exact) mass is 354 g/mol. The van der Waals surface area contributed by atoms with Crippen LogP contribution in [-0.2, 0) is 11.3 Å². The van der Waals surface area contributed by atoms with Crippen molar-refractivity contribution >= 4 is 33.9 Å². The molecule has 0 atom stereocenters. The summed E-state index contributed by atoms with van der Waals surface area (Å²) < 4.78 is 0. The summed E-state index contributed by atoms with van der Waals surface area (Å²) in [5.41, 5.74) is 1.09. The SMILES string of the molecule is O=C(CCCC(=O)c1cccs1)NCc1cc2ccccc2[nH]c1=O. The van der Waals surface area contributed by atoms with Crippen LogP contribution in [0.5, 0.6) is 0 Å². The number of carbonyl (C=O) groups is 2. The van der Waals surface area contributed by atoms with E-state index in [1.54, 1.807) is 12.1 Å². The molecule has 0 aliphatic heterocycles. The summed E-state index contributed by atoms with van der Waals surface area (Å²) in [5, 5.41) is 5.53. The summed E-state index contributed by atoms with van der Waals surface area (Å²) in [4.78, 5) is 39.4. The summed E-state index contributed by atoms with van der Waals surface area (Å²) in [5.74, 6) is -0.0969. The van der Waals surface area contributed by atoms with E-state index in [4.69, 9.17) is 0 Å². The number of amides is 1. The minimum Gasteiger partial charge on any atom is -0.352 e. The maximum absolute atomic E-state index is 12.0. The molecule has 0 fully saturated rings. The number of ketones is 1. The van der Waals surface area contributed by atoms with Crippen molar-refractivity contribution in [3.8, 4) is 0 Å². The predicted octanol–water partition coefficient (Wildman–Crippen LogP) is 3.26. The lowest BCUT2D eigenvalue weighted by Gasteiger charge is -2.06. The zero-order valence-corrected chi connectivity index (χ0v) is 14.4. The molecule has 1 aromatic carbocycles. The van der Waals surface area contributed by atoms with Crippen LogP contribution in [0, 0.1) is 0 Å². The van der Waals surface area contributed by atoms with Gasteiger partial charge in [-0.05, 0) is 35.4 Å². The summed E-state index contributed by atoms with van der Waals surface area (Å²) >= 11 is 1.41. The molecule has 0 aliphatic carbocycles. The van der Waals surface area contributed by atoms with Crippen molar-refractivity contribution in [1.82, 2.24) is 10.3 Å². The van der Waals surface area contributed by atoms with Gasteiger partial charge in [0, 0.05) is 30.5 Å². The van der Waals surface area contributed by atoms with Gasteiger partial charge in [0.05, 0.1) is 4.88 Å². The first-order chi connectivity index (χ1) is 12.1. The molecule has 0 radical (unpaired) electrons. The molecule has 25 heavy (non-hydrogen) atoms. The number of Topliss-reactive ketones (excluding diaryl/α,β-unsaturated/α-hetero) is 1. The lowest BCUT2D eigenvalue weighted by Crippen LogP contribution is -2.26. The number of thiophene rings is 1. The number of nitrogens with one attached hydrogen (secondary N) is 2. The third-order valence-electron chi connectivity index (χ3n) is 3.91. The molecule has 0 aliphatic rings. The van der Waals surface area contributed by atoms with Crippen LogP contribution >= 0.6 is 11.3 Å². The normalized spacial score (nSPS) is 10.7. The van der Waals surface area contributed by atoms with Gasteiger partial charge in [0.2, 0.25) is 5.91 Å². The van der Waals surface area contributed by atoms with E-state index in [2.05, 4.69) is 10.3 Å². The van der Waals surface area contributed by atoms with Gasteiger partial charge in [-0.2, -0.15) is 0 Å². The van der Waals surface area contributed by atoms with Crippen molar-refractivity contribution in [3.63, 3.8) is 0 Å². The van der Waals surface area contributed by atoms with E-state index in [1.807, 2.05) is 35.7 Å². The average molecular weight is 354 g/mol. The van der Waals surface area contributed by atoms with Crippen LogP contribution in [0.15, 0.2) is 52.6 Å². The average Bonchev–Trinajstić information content (AvgIpc) is 3.14. The Morgan fingerprint density at radius 1 is 1.08 bits per heavy atom. The Kier molecular flexibility index (Phi) is 5.40. The molecule has 1 amide bonds. The molecule has 0 bridgehead atoms. The van der Waals surface area contributed by atoms with Crippen LogP contribution in [0.25, 0.3) is 10.9 Å². The second-order valence-electron chi connectivity index (χ2n) is 5.74. The van der Waals surface area contributed by atoms with E-state index in [0.717, 1.165) is 15.8 Å². The fourth-order valence-electron chi connectivity index (χ4n) is 2.58. The highest BCUT2D eigenvalue weighted by atomic mass is 32.1. The molecule has 2 heterocycles. The quantitative estimate of drug-likeness (QED) is 0.639. The lowest BCUT2D eigenvalue weighted by atomic mass is 10.1. The minimum atomic E-state index is -0.202. The Hall–Kier alpha value is -2.73. The number of benzene rings is 1. The van der Waals surface area contributed by atoms with Gasteiger partial charge in [-0.15, -0.1) is 11.3 Å². The standard InChI is InChI=1S/C19H18N2O3S/c22-16(17-8-4-10-25-17)7-3-9-18(23)20-12-14-11-13-5-1-2-6-15(13)21-19(14)24/h1-2,4-6,8,10-11H,3,7,9,12H2,(H,20,23)(H,21,24). The number of carbonyl (C=O) groups excluding carboxylic acids is 2. The number of fused-ring (bicyclic) bond motifs is 1. The predicted molar refractivity (Wildman–Crippen MR) is 98.9 cm³/mol. The number of rotatable bonds is 7. The van der Waals surface area contributed by atoms with E-state index in [0.29, 0.717) is 18.4 Å². The Morgan fingerprint density at radius 2 is 1.92 bits per heavy atom. The van der Waals surface area contributed by atoms with Crippen LogP contribution < -0.4 is 10.9 Å². The second-order valence-corrected chi connectivity index (χ2v) is 6.69. The number of hydrogen-bond acceptors (Lipinski definition) is 4. The summed E-state index contributed by atoms with van der Waals surface area (Å²) in [7, 11) is 0. The van der Waals surface area contributed by atoms with Crippen LogP contribution in [0.3, 0.4) is 0 Å². The Labute approximate surface area is 148 Å². The van der Waals surface area contributed by atoms with Crippen molar-refractivity contribution in [2.24, 2.45) is 0 Å². The summed E-state index contributed by atoms with van der Waals surface area (Å²) in [6.45, 7) is 0.178. The molecule has 0 saturated heterocycles. The van der Waals surface area contributed by atoms with Gasteiger partial charge >= 0.3 is 0 Å². The second kappa shape index (κ2) is 7.90.